The fourth-order valence-corrected chi connectivity index (χ4v) is 9.61. The molecule has 0 aliphatic carbocycles. The molecule has 4 aromatic rings. The normalized spacial score (nSPS) is 15.5. The van der Waals surface area contributed by atoms with Gasteiger partial charge >= 0.3 is 5.97 Å². The van der Waals surface area contributed by atoms with Crippen molar-refractivity contribution in [1.82, 2.24) is 0 Å². The quantitative estimate of drug-likeness (QED) is 0.284. The van der Waals surface area contributed by atoms with Crippen molar-refractivity contribution in [2.24, 2.45) is 0 Å². The molecule has 4 heteroatoms. The Morgan fingerprint density at radius 1 is 0.633 bits per heavy atom. The van der Waals surface area contributed by atoms with E-state index < -0.39 is 13.1 Å². The number of ether oxygens (including phenoxy) is 1. The maximum Gasteiger partial charge on any atom is 0.342 e. The van der Waals surface area contributed by atoms with Gasteiger partial charge in [-0.3, -0.25) is 0 Å². The van der Waals surface area contributed by atoms with Gasteiger partial charge in [0.05, 0.1) is 11.1 Å². The van der Waals surface area contributed by atoms with E-state index in [-0.39, 0.29) is 5.97 Å². The van der Waals surface area contributed by atoms with Crippen LogP contribution >= 0.6 is 23.2 Å². The van der Waals surface area contributed by atoms with Gasteiger partial charge in [0.15, 0.2) is 7.26 Å². The highest BCUT2D eigenvalue weighted by Gasteiger charge is 2.59. The molecule has 0 N–H and O–H groups in total. The second-order valence-electron chi connectivity index (χ2n) is 7.19. The molecule has 2 nitrogen and oxygen atoms in total. The standard InChI is InChI=1S/C26H19BrO2P/c27-23-18-10-17-22-24(23)26(29-25(22)28)30(19-11-4-1-5-12-19,20-13-6-2-7-14-20)21-15-8-3-9-16-21/h1-18,26H/q+1. The third kappa shape index (κ3) is 2.93. The molecule has 0 saturated heterocycles. The lowest BCUT2D eigenvalue weighted by atomic mass is 10.1. The van der Waals surface area contributed by atoms with E-state index in [1.165, 1.54) is 15.9 Å². The predicted octanol–water partition coefficient (Wildman–Crippen LogP) is 5.61. The Morgan fingerprint density at radius 2 is 1.10 bits per heavy atom. The van der Waals surface area contributed by atoms with Crippen LogP contribution in [0.3, 0.4) is 0 Å². The van der Waals surface area contributed by atoms with Gasteiger partial charge in [-0.25, -0.2) is 4.79 Å². The van der Waals surface area contributed by atoms with Gasteiger partial charge in [-0.05, 0) is 48.5 Å². The van der Waals surface area contributed by atoms with Gasteiger partial charge in [-0.15, -0.1) is 0 Å². The van der Waals surface area contributed by atoms with E-state index in [4.69, 9.17) is 4.74 Å². The molecule has 0 amide bonds. The maximum atomic E-state index is 12.9. The summed E-state index contributed by atoms with van der Waals surface area (Å²) in [6, 6.07) is 37.2. The maximum absolute atomic E-state index is 12.9. The Balaban J connectivity index is 1.91. The highest BCUT2D eigenvalue weighted by molar-refractivity contribution is 9.10. The SMILES string of the molecule is O=C1OC([P+](c2ccccc2)(c2ccccc2)c2ccccc2)c2c(Br)cccc21. The fourth-order valence-electron chi connectivity index (χ4n) is 4.31. The van der Waals surface area contributed by atoms with Crippen LogP contribution in [0, 0.1) is 0 Å². The predicted molar refractivity (Wildman–Crippen MR) is 127 cm³/mol. The highest BCUT2D eigenvalue weighted by Crippen LogP contribution is 2.69. The molecule has 1 atom stereocenters. The molecule has 0 radical (unpaired) electrons. The van der Waals surface area contributed by atoms with Crippen LogP contribution in [0.5, 0.6) is 0 Å². The van der Waals surface area contributed by atoms with Crippen molar-refractivity contribution >= 4 is 45.1 Å². The lowest BCUT2D eigenvalue weighted by molar-refractivity contribution is 0.0514. The highest BCUT2D eigenvalue weighted by atomic mass is 79.9. The van der Waals surface area contributed by atoms with Crippen molar-refractivity contribution in [3.8, 4) is 0 Å². The van der Waals surface area contributed by atoms with Crippen LogP contribution in [0.4, 0.5) is 0 Å². The minimum Gasteiger partial charge on any atom is -0.418 e. The van der Waals surface area contributed by atoms with Gasteiger partial charge in [-0.1, -0.05) is 76.6 Å². The van der Waals surface area contributed by atoms with E-state index in [0.717, 1.165) is 10.0 Å². The number of halogens is 1. The van der Waals surface area contributed by atoms with Crippen LogP contribution in [0.1, 0.15) is 21.8 Å². The Bertz CT molecular complexity index is 1100. The monoisotopic (exact) mass is 473 g/mol. The van der Waals surface area contributed by atoms with Crippen molar-refractivity contribution in [3.05, 3.63) is 125 Å². The molecule has 146 valence electrons. The van der Waals surface area contributed by atoms with Gasteiger partial charge in [0.1, 0.15) is 15.9 Å². The lowest BCUT2D eigenvalue weighted by Crippen LogP contribution is -2.35. The zero-order chi connectivity index (χ0) is 20.6. The van der Waals surface area contributed by atoms with E-state index in [2.05, 4.69) is 88.7 Å². The van der Waals surface area contributed by atoms with Crippen LogP contribution in [0.2, 0.25) is 0 Å². The number of carbonyl (C=O) groups is 1. The third-order valence-corrected chi connectivity index (χ3v) is 10.7. The van der Waals surface area contributed by atoms with Crippen molar-refractivity contribution in [2.75, 3.05) is 0 Å². The summed E-state index contributed by atoms with van der Waals surface area (Å²) in [5.41, 5.74) is 1.58. The first-order valence-electron chi connectivity index (χ1n) is 9.78. The third-order valence-electron chi connectivity index (χ3n) is 5.58. The van der Waals surface area contributed by atoms with Crippen molar-refractivity contribution in [1.29, 1.82) is 0 Å². The molecule has 1 aliphatic heterocycles. The Kier molecular flexibility index (Phi) is 5.02. The fraction of sp³-hybridized carbons (Fsp3) is 0.0385. The largest absolute Gasteiger partial charge is 0.418 e. The molecule has 1 unspecified atom stereocenters. The molecule has 0 saturated carbocycles. The Morgan fingerprint density at radius 3 is 1.57 bits per heavy atom. The second kappa shape index (κ2) is 7.83. The lowest BCUT2D eigenvalue weighted by Gasteiger charge is -2.32. The summed E-state index contributed by atoms with van der Waals surface area (Å²) in [6.45, 7) is 0. The summed E-state index contributed by atoms with van der Waals surface area (Å²) in [6.07, 6.45) is 0. The summed E-state index contributed by atoms with van der Waals surface area (Å²) in [4.78, 5) is 12.9. The van der Waals surface area contributed by atoms with E-state index >= 15 is 0 Å². The smallest absolute Gasteiger partial charge is 0.342 e. The number of carbonyl (C=O) groups excluding carboxylic acids is 1. The topological polar surface area (TPSA) is 26.3 Å². The van der Waals surface area contributed by atoms with Crippen molar-refractivity contribution < 1.29 is 9.53 Å². The van der Waals surface area contributed by atoms with Crippen LogP contribution in [0.15, 0.2) is 114 Å². The molecule has 0 aromatic heterocycles. The minimum absolute atomic E-state index is 0.261. The number of benzene rings is 4. The summed E-state index contributed by atoms with van der Waals surface area (Å²) in [5.74, 6) is -0.661. The second-order valence-corrected chi connectivity index (χ2v) is 11.5. The molecule has 0 spiro atoms. The van der Waals surface area contributed by atoms with Crippen LogP contribution in [-0.2, 0) is 4.74 Å². The molecular formula is C26H19BrO2P+. The summed E-state index contributed by atoms with van der Waals surface area (Å²) < 4.78 is 7.13. The van der Waals surface area contributed by atoms with E-state index in [1.54, 1.807) is 0 Å². The zero-order valence-corrected chi connectivity index (χ0v) is 18.6. The molecule has 5 rings (SSSR count). The van der Waals surface area contributed by atoms with Gasteiger partial charge in [0.2, 0.25) is 0 Å². The Labute approximate surface area is 185 Å². The average molecular weight is 474 g/mol. The first-order valence-corrected chi connectivity index (χ1v) is 12.4. The number of hydrogen-bond donors (Lipinski definition) is 0. The summed E-state index contributed by atoms with van der Waals surface area (Å²) in [7, 11) is -2.37. The summed E-state index contributed by atoms with van der Waals surface area (Å²) >= 11 is 3.71. The van der Waals surface area contributed by atoms with Crippen LogP contribution in [-0.4, -0.2) is 5.97 Å². The van der Waals surface area contributed by atoms with Crippen LogP contribution < -0.4 is 15.9 Å². The molecule has 1 aliphatic rings. The number of cyclic esters (lactones) is 1. The van der Waals surface area contributed by atoms with Crippen molar-refractivity contribution in [3.63, 3.8) is 0 Å². The van der Waals surface area contributed by atoms with E-state index in [0.29, 0.717) is 5.56 Å². The van der Waals surface area contributed by atoms with E-state index in [1.807, 2.05) is 36.4 Å². The number of hydrogen-bond acceptors (Lipinski definition) is 2. The Hall–Kier alpha value is -2.74. The van der Waals surface area contributed by atoms with Gasteiger partial charge in [0.25, 0.3) is 5.85 Å². The molecule has 0 bridgehead atoms. The average Bonchev–Trinajstić information content (AvgIpc) is 3.15. The molecule has 0 fully saturated rings. The summed E-state index contributed by atoms with van der Waals surface area (Å²) in [5, 5.41) is 3.55. The van der Waals surface area contributed by atoms with E-state index in [9.17, 15) is 4.79 Å². The molecular weight excluding hydrogens is 455 g/mol. The van der Waals surface area contributed by atoms with Gasteiger partial charge < -0.3 is 4.74 Å². The number of fused-ring (bicyclic) bond motifs is 1. The zero-order valence-electron chi connectivity index (χ0n) is 16.1. The number of esters is 1. The van der Waals surface area contributed by atoms with Gasteiger partial charge in [0, 0.05) is 4.47 Å². The van der Waals surface area contributed by atoms with Gasteiger partial charge in [-0.2, -0.15) is 0 Å². The minimum atomic E-state index is -2.37. The first-order chi connectivity index (χ1) is 14.7. The number of rotatable bonds is 4. The molecule has 4 aromatic carbocycles. The molecule has 30 heavy (non-hydrogen) atoms. The molecule has 1 heterocycles. The van der Waals surface area contributed by atoms with Crippen LogP contribution in [0.25, 0.3) is 0 Å². The van der Waals surface area contributed by atoms with Crippen molar-refractivity contribution in [2.45, 2.75) is 5.85 Å². The first kappa shape index (κ1) is 19.2.